The Morgan fingerprint density at radius 3 is 2.40 bits per heavy atom. The van der Waals surface area contributed by atoms with Crippen LogP contribution in [-0.2, 0) is 14.3 Å². The minimum atomic E-state index is -0.387. The number of carbonyl (C=O) groups excluding carboxylic acids is 4. The summed E-state index contributed by atoms with van der Waals surface area (Å²) in [7, 11) is 0. The van der Waals surface area contributed by atoms with Crippen LogP contribution in [0.1, 0.15) is 40.5 Å². The van der Waals surface area contributed by atoms with Crippen LogP contribution >= 0.6 is 0 Å². The van der Waals surface area contributed by atoms with Crippen LogP contribution in [0, 0.1) is 5.92 Å². The molecule has 0 N–H and O–H groups in total. The molecule has 1 aromatic carbocycles. The number of likely N-dealkylation sites (tertiary alicyclic amines) is 1. The van der Waals surface area contributed by atoms with Crippen LogP contribution in [0.15, 0.2) is 24.3 Å². The van der Waals surface area contributed by atoms with E-state index in [1.165, 1.54) is 6.92 Å². The van der Waals surface area contributed by atoms with Gasteiger partial charge in [0, 0.05) is 20.0 Å². The van der Waals surface area contributed by atoms with Gasteiger partial charge in [-0.1, -0.05) is 12.1 Å². The summed E-state index contributed by atoms with van der Waals surface area (Å²) in [5, 5.41) is 0. The molecule has 1 aromatic rings. The molecule has 0 bridgehead atoms. The number of piperidine rings is 1. The highest BCUT2D eigenvalue weighted by Gasteiger charge is 2.35. The van der Waals surface area contributed by atoms with E-state index in [1.54, 1.807) is 29.2 Å². The second-order valence-electron chi connectivity index (χ2n) is 6.28. The molecule has 0 radical (unpaired) electrons. The van der Waals surface area contributed by atoms with Gasteiger partial charge in [0.05, 0.1) is 23.6 Å². The zero-order valence-corrected chi connectivity index (χ0v) is 14.1. The Labute approximate surface area is 145 Å². The zero-order valence-electron chi connectivity index (χ0n) is 14.1. The highest BCUT2D eigenvalue weighted by atomic mass is 16.5. The number of hydrogen-bond donors (Lipinski definition) is 0. The van der Waals surface area contributed by atoms with Gasteiger partial charge < -0.3 is 9.64 Å². The number of esters is 1. The van der Waals surface area contributed by atoms with Gasteiger partial charge in [-0.3, -0.25) is 24.1 Å². The van der Waals surface area contributed by atoms with Gasteiger partial charge in [0.15, 0.2) is 0 Å². The van der Waals surface area contributed by atoms with Crippen molar-refractivity contribution in [1.29, 1.82) is 0 Å². The molecule has 0 saturated carbocycles. The molecule has 2 aliphatic heterocycles. The molecule has 1 saturated heterocycles. The van der Waals surface area contributed by atoms with Gasteiger partial charge in [-0.25, -0.2) is 0 Å². The summed E-state index contributed by atoms with van der Waals surface area (Å²) in [5.41, 5.74) is 0.756. The second-order valence-corrected chi connectivity index (χ2v) is 6.28. The van der Waals surface area contributed by atoms with Gasteiger partial charge in [0.25, 0.3) is 11.8 Å². The van der Waals surface area contributed by atoms with Crippen LogP contribution in [-0.4, -0.2) is 59.7 Å². The van der Waals surface area contributed by atoms with Crippen molar-refractivity contribution in [2.75, 3.05) is 26.2 Å². The summed E-state index contributed by atoms with van der Waals surface area (Å²) in [6.45, 7) is 2.49. The maximum absolute atomic E-state index is 12.2. The molecule has 2 heterocycles. The summed E-state index contributed by atoms with van der Waals surface area (Å²) in [4.78, 5) is 50.8. The Morgan fingerprint density at radius 2 is 1.80 bits per heavy atom. The molecule has 2 aliphatic rings. The fourth-order valence-electron chi connectivity index (χ4n) is 3.25. The molecule has 132 valence electrons. The summed E-state index contributed by atoms with van der Waals surface area (Å²) in [5.74, 6) is -1.51. The lowest BCUT2D eigenvalue weighted by Crippen LogP contribution is -2.42. The maximum Gasteiger partial charge on any atom is 0.310 e. The Morgan fingerprint density at radius 1 is 1.16 bits per heavy atom. The van der Waals surface area contributed by atoms with Gasteiger partial charge >= 0.3 is 5.97 Å². The first-order chi connectivity index (χ1) is 12.0. The van der Waals surface area contributed by atoms with E-state index >= 15 is 0 Å². The smallest absolute Gasteiger partial charge is 0.310 e. The zero-order chi connectivity index (χ0) is 18.0. The van der Waals surface area contributed by atoms with Gasteiger partial charge in [0.2, 0.25) is 5.91 Å². The van der Waals surface area contributed by atoms with Crippen molar-refractivity contribution in [1.82, 2.24) is 9.80 Å². The van der Waals surface area contributed by atoms with Crippen LogP contribution in [0.4, 0.5) is 0 Å². The van der Waals surface area contributed by atoms with Crippen LogP contribution in [0.25, 0.3) is 0 Å². The normalized spacial score (nSPS) is 19.8. The molecular formula is C18H20N2O5. The molecule has 0 aliphatic carbocycles. The van der Waals surface area contributed by atoms with Crippen LogP contribution in [0.2, 0.25) is 0 Å². The number of imide groups is 1. The standard InChI is InChI=1S/C18H20N2O5/c1-12(21)19-8-4-5-13(11-19)18(24)25-10-9-20-16(22)14-6-2-3-7-15(14)17(20)23/h2-3,6-7,13H,4-5,8-11H2,1H3/t13-/m0/s1. The molecular weight excluding hydrogens is 324 g/mol. The minimum absolute atomic E-state index is 0.0290. The van der Waals surface area contributed by atoms with Crippen molar-refractivity contribution in [2.45, 2.75) is 19.8 Å². The van der Waals surface area contributed by atoms with E-state index in [1.807, 2.05) is 0 Å². The molecule has 0 unspecified atom stereocenters. The second kappa shape index (κ2) is 7.04. The van der Waals surface area contributed by atoms with E-state index in [2.05, 4.69) is 0 Å². The monoisotopic (exact) mass is 344 g/mol. The predicted octanol–water partition coefficient (Wildman–Crippen LogP) is 1.08. The van der Waals surface area contributed by atoms with Crippen molar-refractivity contribution in [3.63, 3.8) is 0 Å². The maximum atomic E-state index is 12.2. The third-order valence-electron chi connectivity index (χ3n) is 4.64. The molecule has 3 amide bonds. The Bertz CT molecular complexity index is 695. The van der Waals surface area contributed by atoms with E-state index < -0.39 is 0 Å². The van der Waals surface area contributed by atoms with E-state index in [0.717, 1.165) is 11.3 Å². The lowest BCUT2D eigenvalue weighted by Gasteiger charge is -2.30. The molecule has 3 rings (SSSR count). The SMILES string of the molecule is CC(=O)N1CCC[C@H](C(=O)OCCN2C(=O)c3ccccc3C2=O)C1. The number of nitrogens with zero attached hydrogens (tertiary/aromatic N) is 2. The summed E-state index contributed by atoms with van der Waals surface area (Å²) < 4.78 is 5.24. The summed E-state index contributed by atoms with van der Waals surface area (Å²) in [6, 6.07) is 6.63. The average molecular weight is 344 g/mol. The number of ether oxygens (including phenoxy) is 1. The first-order valence-corrected chi connectivity index (χ1v) is 8.36. The highest BCUT2D eigenvalue weighted by Crippen LogP contribution is 2.22. The highest BCUT2D eigenvalue weighted by molar-refractivity contribution is 6.21. The lowest BCUT2D eigenvalue weighted by molar-refractivity contribution is -0.151. The fraction of sp³-hybridized carbons (Fsp3) is 0.444. The molecule has 1 fully saturated rings. The third-order valence-corrected chi connectivity index (χ3v) is 4.64. The van der Waals surface area contributed by atoms with Crippen LogP contribution in [0.5, 0.6) is 0 Å². The van der Waals surface area contributed by atoms with Gasteiger partial charge in [-0.05, 0) is 25.0 Å². The lowest BCUT2D eigenvalue weighted by atomic mass is 9.98. The van der Waals surface area contributed by atoms with Crippen molar-refractivity contribution < 1.29 is 23.9 Å². The molecule has 1 atom stereocenters. The first-order valence-electron chi connectivity index (χ1n) is 8.36. The van der Waals surface area contributed by atoms with Crippen LogP contribution in [0.3, 0.4) is 0 Å². The molecule has 7 nitrogen and oxygen atoms in total. The Balaban J connectivity index is 1.52. The predicted molar refractivity (Wildman–Crippen MR) is 87.7 cm³/mol. The number of carbonyl (C=O) groups is 4. The van der Waals surface area contributed by atoms with Crippen LogP contribution < -0.4 is 0 Å². The first kappa shape index (κ1) is 17.1. The van der Waals surface area contributed by atoms with Crippen molar-refractivity contribution in [3.8, 4) is 0 Å². The van der Waals surface area contributed by atoms with Gasteiger partial charge in [-0.2, -0.15) is 0 Å². The van der Waals surface area contributed by atoms with Gasteiger partial charge in [0.1, 0.15) is 6.61 Å². The fourth-order valence-corrected chi connectivity index (χ4v) is 3.25. The Kier molecular flexibility index (Phi) is 4.83. The number of rotatable bonds is 4. The third kappa shape index (κ3) is 3.40. The average Bonchev–Trinajstić information content (AvgIpc) is 2.87. The topological polar surface area (TPSA) is 84.0 Å². The van der Waals surface area contributed by atoms with Crippen molar-refractivity contribution in [2.24, 2.45) is 5.92 Å². The largest absolute Gasteiger partial charge is 0.464 e. The molecule has 7 heteroatoms. The Hall–Kier alpha value is -2.70. The number of amides is 3. The van der Waals surface area contributed by atoms with E-state index in [4.69, 9.17) is 4.74 Å². The minimum Gasteiger partial charge on any atom is -0.464 e. The number of fused-ring (bicyclic) bond motifs is 1. The molecule has 25 heavy (non-hydrogen) atoms. The van der Waals surface area contributed by atoms with E-state index in [0.29, 0.717) is 30.6 Å². The quantitative estimate of drug-likeness (QED) is 0.603. The van der Waals surface area contributed by atoms with E-state index in [-0.39, 0.29) is 42.8 Å². The van der Waals surface area contributed by atoms with Crippen molar-refractivity contribution >= 4 is 23.7 Å². The van der Waals surface area contributed by atoms with E-state index in [9.17, 15) is 19.2 Å². The van der Waals surface area contributed by atoms with Crippen molar-refractivity contribution in [3.05, 3.63) is 35.4 Å². The number of benzene rings is 1. The van der Waals surface area contributed by atoms with Gasteiger partial charge in [-0.15, -0.1) is 0 Å². The number of hydrogen-bond acceptors (Lipinski definition) is 5. The molecule has 0 aromatic heterocycles. The summed E-state index contributed by atoms with van der Waals surface area (Å²) in [6.07, 6.45) is 1.44. The summed E-state index contributed by atoms with van der Waals surface area (Å²) >= 11 is 0. The molecule has 0 spiro atoms.